The van der Waals surface area contributed by atoms with Crippen molar-refractivity contribution in [2.24, 2.45) is 0 Å². The highest BCUT2D eigenvalue weighted by Gasteiger charge is 2.21. The molecule has 0 radical (unpaired) electrons. The van der Waals surface area contributed by atoms with E-state index in [0.29, 0.717) is 0 Å². The summed E-state index contributed by atoms with van der Waals surface area (Å²) >= 11 is 0. The van der Waals surface area contributed by atoms with Gasteiger partial charge in [0, 0.05) is 25.7 Å². The Kier molecular flexibility index (Phi) is 6.68. The number of hydrogen-bond donors (Lipinski definition) is 3. The minimum absolute atomic E-state index is 0.0144. The molecule has 0 aliphatic carbocycles. The first-order valence-corrected chi connectivity index (χ1v) is 8.15. The van der Waals surface area contributed by atoms with E-state index < -0.39 is 0 Å². The van der Waals surface area contributed by atoms with Crippen LogP contribution in [0.5, 0.6) is 0 Å². The number of carbonyl (C=O) groups is 1. The minimum Gasteiger partial charge on any atom is -0.394 e. The molecule has 1 heterocycles. The van der Waals surface area contributed by atoms with E-state index in [1.165, 1.54) is 5.56 Å². The van der Waals surface area contributed by atoms with Gasteiger partial charge in [0.1, 0.15) is 0 Å². The maximum Gasteiger partial charge on any atom is 0.315 e. The van der Waals surface area contributed by atoms with Gasteiger partial charge < -0.3 is 15.7 Å². The first-order valence-electron chi connectivity index (χ1n) is 8.15. The quantitative estimate of drug-likeness (QED) is 0.750. The number of amides is 2. The van der Waals surface area contributed by atoms with Crippen LogP contribution in [0, 0.1) is 0 Å². The normalized spacial score (nSPS) is 17.9. The molecule has 1 aliphatic heterocycles. The summed E-state index contributed by atoms with van der Waals surface area (Å²) in [7, 11) is 0. The molecule has 3 N–H and O–H groups in total. The average Bonchev–Trinajstić information content (AvgIpc) is 2.55. The molecule has 2 amide bonds. The summed E-state index contributed by atoms with van der Waals surface area (Å²) in [5.74, 6) is 0. The van der Waals surface area contributed by atoms with Gasteiger partial charge in [-0.15, -0.1) is 0 Å². The van der Waals surface area contributed by atoms with Crippen LogP contribution in [0.4, 0.5) is 4.79 Å². The Morgan fingerprint density at radius 1 is 1.32 bits per heavy atom. The molecule has 0 spiro atoms. The molecule has 2 rings (SSSR count). The molecule has 0 unspecified atom stereocenters. The zero-order valence-corrected chi connectivity index (χ0v) is 13.3. The number of carbonyl (C=O) groups excluding carboxylic acids is 1. The van der Waals surface area contributed by atoms with Gasteiger partial charge in [-0.05, 0) is 24.8 Å². The summed E-state index contributed by atoms with van der Waals surface area (Å²) < 4.78 is 0. The number of piperidine rings is 1. The topological polar surface area (TPSA) is 64.6 Å². The summed E-state index contributed by atoms with van der Waals surface area (Å²) in [6.45, 7) is 4.90. The molecule has 1 atom stereocenters. The SMILES string of the molecule is CC[C@H](CO)NC(=O)NC1CCN(Cc2ccccc2)CC1. The molecule has 122 valence electrons. The molecular weight excluding hydrogens is 278 g/mol. The molecule has 1 aliphatic rings. The van der Waals surface area contributed by atoms with Gasteiger partial charge in [0.25, 0.3) is 0 Å². The van der Waals surface area contributed by atoms with Crippen LogP contribution in [0.2, 0.25) is 0 Å². The van der Waals surface area contributed by atoms with Gasteiger partial charge >= 0.3 is 6.03 Å². The van der Waals surface area contributed by atoms with E-state index >= 15 is 0 Å². The fourth-order valence-electron chi connectivity index (χ4n) is 2.77. The standard InChI is InChI=1S/C17H27N3O2/c1-2-15(13-21)18-17(22)19-16-8-10-20(11-9-16)12-14-6-4-3-5-7-14/h3-7,15-16,21H,2,8-13H2,1H3,(H2,18,19,22)/t15-/m1/s1. The molecule has 0 aromatic heterocycles. The number of nitrogens with one attached hydrogen (secondary N) is 2. The first-order chi connectivity index (χ1) is 10.7. The van der Waals surface area contributed by atoms with Crippen LogP contribution in [0.15, 0.2) is 30.3 Å². The van der Waals surface area contributed by atoms with Crippen molar-refractivity contribution in [3.05, 3.63) is 35.9 Å². The number of aliphatic hydroxyl groups excluding tert-OH is 1. The van der Waals surface area contributed by atoms with Crippen molar-refractivity contribution in [1.29, 1.82) is 0 Å². The number of nitrogens with zero attached hydrogens (tertiary/aromatic N) is 1. The monoisotopic (exact) mass is 305 g/mol. The van der Waals surface area contributed by atoms with E-state index in [1.54, 1.807) is 0 Å². The largest absolute Gasteiger partial charge is 0.394 e. The van der Waals surface area contributed by atoms with Crippen molar-refractivity contribution < 1.29 is 9.90 Å². The molecular formula is C17H27N3O2. The lowest BCUT2D eigenvalue weighted by molar-refractivity contribution is 0.181. The van der Waals surface area contributed by atoms with E-state index in [9.17, 15) is 4.79 Å². The van der Waals surface area contributed by atoms with Gasteiger partial charge in [-0.3, -0.25) is 4.90 Å². The van der Waals surface area contributed by atoms with Crippen molar-refractivity contribution >= 4 is 6.03 Å². The molecule has 0 saturated carbocycles. The van der Waals surface area contributed by atoms with Crippen LogP contribution in [-0.2, 0) is 6.54 Å². The summed E-state index contributed by atoms with van der Waals surface area (Å²) in [6.07, 6.45) is 2.67. The Bertz CT molecular complexity index is 440. The average molecular weight is 305 g/mol. The van der Waals surface area contributed by atoms with E-state index in [0.717, 1.165) is 38.9 Å². The predicted molar refractivity (Wildman–Crippen MR) is 87.6 cm³/mol. The summed E-state index contributed by atoms with van der Waals surface area (Å²) in [5.41, 5.74) is 1.33. The third-order valence-corrected chi connectivity index (χ3v) is 4.22. The van der Waals surface area contributed by atoms with Crippen LogP contribution in [-0.4, -0.2) is 47.8 Å². The number of urea groups is 1. The summed E-state index contributed by atoms with van der Waals surface area (Å²) in [6, 6.07) is 10.4. The Morgan fingerprint density at radius 3 is 2.59 bits per heavy atom. The van der Waals surface area contributed by atoms with Crippen molar-refractivity contribution in [1.82, 2.24) is 15.5 Å². The van der Waals surface area contributed by atoms with Gasteiger partial charge in [-0.1, -0.05) is 37.3 Å². The Morgan fingerprint density at radius 2 is 2.00 bits per heavy atom. The molecule has 5 nitrogen and oxygen atoms in total. The molecule has 1 aromatic carbocycles. The van der Waals surface area contributed by atoms with E-state index in [4.69, 9.17) is 5.11 Å². The van der Waals surface area contributed by atoms with Crippen LogP contribution in [0.1, 0.15) is 31.7 Å². The van der Waals surface area contributed by atoms with Crippen LogP contribution in [0.3, 0.4) is 0 Å². The lowest BCUT2D eigenvalue weighted by atomic mass is 10.0. The summed E-state index contributed by atoms with van der Waals surface area (Å²) in [5, 5.41) is 14.9. The maximum atomic E-state index is 11.9. The van der Waals surface area contributed by atoms with Crippen molar-refractivity contribution in [2.45, 2.75) is 44.8 Å². The third kappa shape index (κ3) is 5.31. The second-order valence-electron chi connectivity index (χ2n) is 5.94. The zero-order chi connectivity index (χ0) is 15.8. The van der Waals surface area contributed by atoms with Crippen LogP contribution >= 0.6 is 0 Å². The zero-order valence-electron chi connectivity index (χ0n) is 13.3. The Labute approximate surface area is 132 Å². The number of hydrogen-bond acceptors (Lipinski definition) is 3. The second-order valence-corrected chi connectivity index (χ2v) is 5.94. The minimum atomic E-state index is -0.164. The van der Waals surface area contributed by atoms with Crippen LogP contribution < -0.4 is 10.6 Å². The number of aliphatic hydroxyl groups is 1. The summed E-state index contributed by atoms with van der Waals surface area (Å²) in [4.78, 5) is 14.3. The lowest BCUT2D eigenvalue weighted by Crippen LogP contribution is -2.50. The maximum absolute atomic E-state index is 11.9. The van der Waals surface area contributed by atoms with Crippen molar-refractivity contribution in [2.75, 3.05) is 19.7 Å². The Balaban J connectivity index is 1.69. The van der Waals surface area contributed by atoms with Crippen LogP contribution in [0.25, 0.3) is 0 Å². The third-order valence-electron chi connectivity index (χ3n) is 4.22. The predicted octanol–water partition coefficient (Wildman–Crippen LogP) is 1.72. The van der Waals surface area contributed by atoms with Gasteiger partial charge in [-0.25, -0.2) is 4.79 Å². The second kappa shape index (κ2) is 8.76. The molecule has 1 fully saturated rings. The molecule has 5 heteroatoms. The highest BCUT2D eigenvalue weighted by Crippen LogP contribution is 2.13. The number of rotatable bonds is 6. The molecule has 0 bridgehead atoms. The highest BCUT2D eigenvalue weighted by atomic mass is 16.3. The van der Waals surface area contributed by atoms with E-state index in [-0.39, 0.29) is 24.7 Å². The molecule has 1 saturated heterocycles. The van der Waals surface area contributed by atoms with Gasteiger partial charge in [0.2, 0.25) is 0 Å². The van der Waals surface area contributed by atoms with Gasteiger partial charge in [0.15, 0.2) is 0 Å². The lowest BCUT2D eigenvalue weighted by Gasteiger charge is -2.32. The number of likely N-dealkylation sites (tertiary alicyclic amines) is 1. The fraction of sp³-hybridized carbons (Fsp3) is 0.588. The van der Waals surface area contributed by atoms with Gasteiger partial charge in [0.05, 0.1) is 12.6 Å². The Hall–Kier alpha value is -1.59. The van der Waals surface area contributed by atoms with E-state index in [2.05, 4.69) is 39.8 Å². The molecule has 1 aromatic rings. The van der Waals surface area contributed by atoms with E-state index in [1.807, 2.05) is 13.0 Å². The highest BCUT2D eigenvalue weighted by molar-refractivity contribution is 5.74. The molecule has 22 heavy (non-hydrogen) atoms. The number of benzene rings is 1. The van der Waals surface area contributed by atoms with Crippen molar-refractivity contribution in [3.8, 4) is 0 Å². The first kappa shape index (κ1) is 16.8. The van der Waals surface area contributed by atoms with Crippen molar-refractivity contribution in [3.63, 3.8) is 0 Å². The fourth-order valence-corrected chi connectivity index (χ4v) is 2.77. The van der Waals surface area contributed by atoms with Gasteiger partial charge in [-0.2, -0.15) is 0 Å². The smallest absolute Gasteiger partial charge is 0.315 e.